The van der Waals surface area contributed by atoms with Crippen LogP contribution in [0.3, 0.4) is 0 Å². The van der Waals surface area contributed by atoms with E-state index in [0.717, 1.165) is 29.9 Å². The molecule has 20 heavy (non-hydrogen) atoms. The van der Waals surface area contributed by atoms with Crippen LogP contribution in [0.15, 0.2) is 42.5 Å². The molecule has 2 aromatic carbocycles. The molecule has 1 aromatic heterocycles. The summed E-state index contributed by atoms with van der Waals surface area (Å²) in [4.78, 5) is 7.90. The number of aryl methyl sites for hydroxylation is 2. The van der Waals surface area contributed by atoms with Gasteiger partial charge in [-0.3, -0.25) is 0 Å². The predicted molar refractivity (Wildman–Crippen MR) is 82.6 cm³/mol. The maximum Gasteiger partial charge on any atom is 0.121 e. The molecular formula is C17H19N3. The van der Waals surface area contributed by atoms with Crippen LogP contribution in [0.2, 0.25) is 0 Å². The Bertz CT molecular complexity index is 695. The third-order valence-corrected chi connectivity index (χ3v) is 3.55. The van der Waals surface area contributed by atoms with Crippen molar-refractivity contribution in [3.63, 3.8) is 0 Å². The smallest absolute Gasteiger partial charge is 0.121 e. The van der Waals surface area contributed by atoms with Gasteiger partial charge < -0.3 is 10.3 Å². The molecule has 0 atom stereocenters. The van der Waals surface area contributed by atoms with E-state index in [-0.39, 0.29) is 0 Å². The molecule has 3 rings (SSSR count). The van der Waals surface area contributed by atoms with E-state index in [1.54, 1.807) is 0 Å². The van der Waals surface area contributed by atoms with Crippen molar-refractivity contribution >= 4 is 11.0 Å². The minimum absolute atomic E-state index is 0.752. The number of H-pyrrole nitrogens is 1. The average molecular weight is 265 g/mol. The zero-order valence-corrected chi connectivity index (χ0v) is 11.9. The Morgan fingerprint density at radius 1 is 1.05 bits per heavy atom. The van der Waals surface area contributed by atoms with Gasteiger partial charge in [-0.2, -0.15) is 0 Å². The highest BCUT2D eigenvalue weighted by atomic mass is 15.0. The van der Waals surface area contributed by atoms with E-state index in [2.05, 4.69) is 53.4 Å². The molecule has 0 spiro atoms. The molecule has 102 valence electrons. The highest BCUT2D eigenvalue weighted by molar-refractivity contribution is 5.74. The second-order valence-electron chi connectivity index (χ2n) is 5.23. The Morgan fingerprint density at radius 2 is 1.90 bits per heavy atom. The minimum Gasteiger partial charge on any atom is -0.341 e. The number of aromatic amines is 1. The highest BCUT2D eigenvalue weighted by Gasteiger charge is 2.02. The van der Waals surface area contributed by atoms with Crippen LogP contribution >= 0.6 is 0 Å². The first-order chi connectivity index (χ1) is 9.72. The lowest BCUT2D eigenvalue weighted by Crippen LogP contribution is -2.14. The SMILES string of the molecule is Cc1ccc(C)c(CNCc2nc3ccccc3[nH]2)c1. The van der Waals surface area contributed by atoms with Crippen molar-refractivity contribution in [1.82, 2.24) is 15.3 Å². The van der Waals surface area contributed by atoms with Crippen LogP contribution in [0, 0.1) is 13.8 Å². The number of rotatable bonds is 4. The second kappa shape index (κ2) is 5.47. The lowest BCUT2D eigenvalue weighted by atomic mass is 10.1. The maximum atomic E-state index is 4.57. The van der Waals surface area contributed by atoms with Crippen LogP contribution in [0.1, 0.15) is 22.5 Å². The van der Waals surface area contributed by atoms with Gasteiger partial charge in [-0.15, -0.1) is 0 Å². The van der Waals surface area contributed by atoms with E-state index in [1.807, 2.05) is 18.2 Å². The molecule has 0 saturated heterocycles. The zero-order chi connectivity index (χ0) is 13.9. The summed E-state index contributed by atoms with van der Waals surface area (Å²) >= 11 is 0. The topological polar surface area (TPSA) is 40.7 Å². The lowest BCUT2D eigenvalue weighted by Gasteiger charge is -2.07. The number of nitrogens with zero attached hydrogens (tertiary/aromatic N) is 1. The van der Waals surface area contributed by atoms with Crippen LogP contribution in [-0.2, 0) is 13.1 Å². The molecule has 2 N–H and O–H groups in total. The van der Waals surface area contributed by atoms with Gasteiger partial charge >= 0.3 is 0 Å². The third kappa shape index (κ3) is 2.73. The van der Waals surface area contributed by atoms with Crippen molar-refractivity contribution in [2.24, 2.45) is 0 Å². The standard InChI is InChI=1S/C17H19N3/c1-12-7-8-13(2)14(9-12)10-18-11-17-19-15-5-3-4-6-16(15)20-17/h3-9,18H,10-11H2,1-2H3,(H,19,20). The molecule has 1 heterocycles. The van der Waals surface area contributed by atoms with E-state index < -0.39 is 0 Å². The number of hydrogen-bond acceptors (Lipinski definition) is 2. The fourth-order valence-corrected chi connectivity index (χ4v) is 2.40. The summed E-state index contributed by atoms with van der Waals surface area (Å²) in [6, 6.07) is 14.7. The molecule has 0 aliphatic heterocycles. The van der Waals surface area contributed by atoms with Gasteiger partial charge in [-0.25, -0.2) is 4.98 Å². The van der Waals surface area contributed by atoms with Crippen molar-refractivity contribution in [3.05, 3.63) is 65.0 Å². The molecule has 3 aromatic rings. The monoisotopic (exact) mass is 265 g/mol. The van der Waals surface area contributed by atoms with Gasteiger partial charge in [0.05, 0.1) is 17.6 Å². The normalized spacial score (nSPS) is 11.1. The number of imidazole rings is 1. The van der Waals surface area contributed by atoms with E-state index >= 15 is 0 Å². The van der Waals surface area contributed by atoms with Crippen molar-refractivity contribution in [1.29, 1.82) is 0 Å². The minimum atomic E-state index is 0.752. The number of para-hydroxylation sites is 2. The van der Waals surface area contributed by atoms with E-state index in [0.29, 0.717) is 0 Å². The van der Waals surface area contributed by atoms with Crippen LogP contribution in [0.5, 0.6) is 0 Å². The van der Waals surface area contributed by atoms with Gasteiger partial charge in [-0.05, 0) is 37.1 Å². The van der Waals surface area contributed by atoms with Crippen molar-refractivity contribution in [2.75, 3.05) is 0 Å². The molecule has 0 aliphatic rings. The first-order valence-corrected chi connectivity index (χ1v) is 6.93. The molecular weight excluding hydrogens is 246 g/mol. The predicted octanol–water partition coefficient (Wildman–Crippen LogP) is 3.47. The molecule has 0 unspecified atom stereocenters. The molecule has 3 heteroatoms. The first-order valence-electron chi connectivity index (χ1n) is 6.93. The van der Waals surface area contributed by atoms with Crippen molar-refractivity contribution in [2.45, 2.75) is 26.9 Å². The van der Waals surface area contributed by atoms with Gasteiger partial charge in [0.15, 0.2) is 0 Å². The second-order valence-corrected chi connectivity index (χ2v) is 5.23. The summed E-state index contributed by atoms with van der Waals surface area (Å²) in [6.45, 7) is 5.90. The number of nitrogens with one attached hydrogen (secondary N) is 2. The van der Waals surface area contributed by atoms with Crippen LogP contribution in [-0.4, -0.2) is 9.97 Å². The van der Waals surface area contributed by atoms with Gasteiger partial charge in [0.2, 0.25) is 0 Å². The molecule has 0 fully saturated rings. The Morgan fingerprint density at radius 3 is 2.75 bits per heavy atom. The van der Waals surface area contributed by atoms with Gasteiger partial charge in [-0.1, -0.05) is 35.9 Å². The summed E-state index contributed by atoms with van der Waals surface area (Å²) in [5.41, 5.74) is 6.09. The molecule has 0 saturated carbocycles. The molecule has 0 aliphatic carbocycles. The molecule has 0 radical (unpaired) electrons. The number of benzene rings is 2. The van der Waals surface area contributed by atoms with Crippen LogP contribution in [0.4, 0.5) is 0 Å². The Hall–Kier alpha value is -2.13. The number of hydrogen-bond donors (Lipinski definition) is 2. The van der Waals surface area contributed by atoms with Crippen LogP contribution < -0.4 is 5.32 Å². The number of fused-ring (bicyclic) bond motifs is 1. The summed E-state index contributed by atoms with van der Waals surface area (Å²) in [5, 5.41) is 3.45. The highest BCUT2D eigenvalue weighted by Crippen LogP contribution is 2.12. The van der Waals surface area contributed by atoms with Crippen molar-refractivity contribution < 1.29 is 0 Å². The third-order valence-electron chi connectivity index (χ3n) is 3.55. The fraction of sp³-hybridized carbons (Fsp3) is 0.235. The van der Waals surface area contributed by atoms with Crippen LogP contribution in [0.25, 0.3) is 11.0 Å². The first kappa shape index (κ1) is 12.9. The van der Waals surface area contributed by atoms with Crippen molar-refractivity contribution in [3.8, 4) is 0 Å². The Balaban J connectivity index is 1.66. The quantitative estimate of drug-likeness (QED) is 0.758. The summed E-state index contributed by atoms with van der Waals surface area (Å²) < 4.78 is 0. The Labute approximate surface area is 119 Å². The van der Waals surface area contributed by atoms with Gasteiger partial charge in [0.1, 0.15) is 5.82 Å². The summed E-state index contributed by atoms with van der Waals surface area (Å²) in [7, 11) is 0. The van der Waals surface area contributed by atoms with E-state index in [1.165, 1.54) is 16.7 Å². The van der Waals surface area contributed by atoms with E-state index in [9.17, 15) is 0 Å². The average Bonchev–Trinajstić information content (AvgIpc) is 2.85. The molecule has 0 amide bonds. The molecule has 3 nitrogen and oxygen atoms in total. The van der Waals surface area contributed by atoms with E-state index in [4.69, 9.17) is 0 Å². The van der Waals surface area contributed by atoms with Gasteiger partial charge in [0, 0.05) is 6.54 Å². The molecule has 0 bridgehead atoms. The fourth-order valence-electron chi connectivity index (χ4n) is 2.40. The summed E-state index contributed by atoms with van der Waals surface area (Å²) in [5.74, 6) is 0.983. The summed E-state index contributed by atoms with van der Waals surface area (Å²) in [6.07, 6.45) is 0. The largest absolute Gasteiger partial charge is 0.341 e. The number of aromatic nitrogens is 2. The lowest BCUT2D eigenvalue weighted by molar-refractivity contribution is 0.668. The van der Waals surface area contributed by atoms with Gasteiger partial charge in [0.25, 0.3) is 0 Å². The maximum absolute atomic E-state index is 4.57. The zero-order valence-electron chi connectivity index (χ0n) is 11.9. The Kier molecular flexibility index (Phi) is 3.52.